The van der Waals surface area contributed by atoms with Crippen molar-refractivity contribution < 1.29 is 9.32 Å². The SMILES string of the molecule is Cc1noc(C)c1[C@@H]1CCCN1C(=O)c1ccn(C)c1C. The molecule has 3 rings (SSSR count). The summed E-state index contributed by atoms with van der Waals surface area (Å²) in [6, 6.07) is 1.99. The number of rotatable bonds is 2. The van der Waals surface area contributed by atoms with Gasteiger partial charge in [-0.05, 0) is 39.7 Å². The van der Waals surface area contributed by atoms with Crippen LogP contribution in [-0.2, 0) is 7.05 Å². The Morgan fingerprint density at radius 1 is 1.38 bits per heavy atom. The van der Waals surface area contributed by atoms with Crippen LogP contribution in [0.15, 0.2) is 16.8 Å². The molecule has 0 radical (unpaired) electrons. The van der Waals surface area contributed by atoms with Crippen molar-refractivity contribution in [3.8, 4) is 0 Å². The summed E-state index contributed by atoms with van der Waals surface area (Å²) in [6.45, 7) is 6.64. The van der Waals surface area contributed by atoms with Gasteiger partial charge in [0.05, 0.1) is 17.3 Å². The van der Waals surface area contributed by atoms with E-state index in [1.54, 1.807) is 0 Å². The third kappa shape index (κ3) is 2.17. The lowest BCUT2D eigenvalue weighted by Gasteiger charge is -2.25. The Hall–Kier alpha value is -2.04. The zero-order valence-corrected chi connectivity index (χ0v) is 13.0. The van der Waals surface area contributed by atoms with Gasteiger partial charge < -0.3 is 14.0 Å². The van der Waals surface area contributed by atoms with Crippen molar-refractivity contribution in [2.75, 3.05) is 6.54 Å². The summed E-state index contributed by atoms with van der Waals surface area (Å²) in [7, 11) is 1.96. The molecule has 0 unspecified atom stereocenters. The van der Waals surface area contributed by atoms with Gasteiger partial charge in [0.25, 0.3) is 5.91 Å². The molecule has 2 aromatic rings. The molecule has 0 aromatic carbocycles. The molecule has 0 aliphatic carbocycles. The molecule has 5 heteroatoms. The van der Waals surface area contributed by atoms with Crippen molar-refractivity contribution in [2.24, 2.45) is 7.05 Å². The predicted molar refractivity (Wildman–Crippen MR) is 79.1 cm³/mol. The number of aryl methyl sites for hydroxylation is 3. The van der Waals surface area contributed by atoms with Crippen LogP contribution in [0.25, 0.3) is 0 Å². The largest absolute Gasteiger partial charge is 0.361 e. The highest BCUT2D eigenvalue weighted by Gasteiger charge is 2.34. The van der Waals surface area contributed by atoms with Gasteiger partial charge in [0.2, 0.25) is 0 Å². The van der Waals surface area contributed by atoms with Gasteiger partial charge in [0.1, 0.15) is 5.76 Å². The van der Waals surface area contributed by atoms with E-state index in [1.165, 1.54) is 0 Å². The quantitative estimate of drug-likeness (QED) is 0.853. The molecule has 5 nitrogen and oxygen atoms in total. The number of amides is 1. The van der Waals surface area contributed by atoms with E-state index in [-0.39, 0.29) is 11.9 Å². The van der Waals surface area contributed by atoms with Crippen LogP contribution in [0.3, 0.4) is 0 Å². The summed E-state index contributed by atoms with van der Waals surface area (Å²) in [5.41, 5.74) is 3.76. The van der Waals surface area contributed by atoms with Crippen LogP contribution in [0, 0.1) is 20.8 Å². The number of hydrogen-bond acceptors (Lipinski definition) is 3. The van der Waals surface area contributed by atoms with Crippen LogP contribution in [0.2, 0.25) is 0 Å². The third-order valence-electron chi connectivity index (χ3n) is 4.55. The van der Waals surface area contributed by atoms with Crippen molar-refractivity contribution in [3.05, 3.63) is 40.5 Å². The van der Waals surface area contributed by atoms with Gasteiger partial charge >= 0.3 is 0 Å². The summed E-state index contributed by atoms with van der Waals surface area (Å²) in [6.07, 6.45) is 3.93. The van der Waals surface area contributed by atoms with Gasteiger partial charge in [0.15, 0.2) is 0 Å². The summed E-state index contributed by atoms with van der Waals surface area (Å²) in [4.78, 5) is 14.8. The molecule has 21 heavy (non-hydrogen) atoms. The number of carbonyl (C=O) groups is 1. The second-order valence-electron chi connectivity index (χ2n) is 5.82. The summed E-state index contributed by atoms with van der Waals surface area (Å²) >= 11 is 0. The lowest BCUT2D eigenvalue weighted by Crippen LogP contribution is -2.31. The van der Waals surface area contributed by atoms with E-state index < -0.39 is 0 Å². The van der Waals surface area contributed by atoms with Gasteiger partial charge in [-0.1, -0.05) is 5.16 Å². The zero-order valence-electron chi connectivity index (χ0n) is 13.0. The number of aromatic nitrogens is 2. The molecule has 0 saturated carbocycles. The molecule has 1 saturated heterocycles. The van der Waals surface area contributed by atoms with Gasteiger partial charge in [-0.25, -0.2) is 0 Å². The monoisotopic (exact) mass is 287 g/mol. The molecular weight excluding hydrogens is 266 g/mol. The Labute approximate surface area is 124 Å². The highest BCUT2D eigenvalue weighted by molar-refractivity contribution is 5.96. The van der Waals surface area contributed by atoms with E-state index in [1.807, 2.05) is 49.5 Å². The second kappa shape index (κ2) is 5.06. The van der Waals surface area contributed by atoms with Crippen molar-refractivity contribution in [1.82, 2.24) is 14.6 Å². The van der Waals surface area contributed by atoms with E-state index in [4.69, 9.17) is 4.52 Å². The van der Waals surface area contributed by atoms with E-state index in [0.717, 1.165) is 47.7 Å². The van der Waals surface area contributed by atoms with Crippen molar-refractivity contribution in [2.45, 2.75) is 39.7 Å². The van der Waals surface area contributed by atoms with Gasteiger partial charge in [-0.15, -0.1) is 0 Å². The molecular formula is C16H21N3O2. The number of hydrogen-bond donors (Lipinski definition) is 0. The Morgan fingerprint density at radius 2 is 2.14 bits per heavy atom. The predicted octanol–water partition coefficient (Wildman–Crippen LogP) is 2.92. The van der Waals surface area contributed by atoms with Crippen LogP contribution in [0.1, 0.15) is 52.0 Å². The fourth-order valence-electron chi connectivity index (χ4n) is 3.27. The van der Waals surface area contributed by atoms with E-state index in [2.05, 4.69) is 5.16 Å². The van der Waals surface area contributed by atoms with Gasteiger partial charge in [-0.2, -0.15) is 0 Å². The van der Waals surface area contributed by atoms with Gasteiger partial charge in [0, 0.05) is 31.0 Å². The molecule has 0 N–H and O–H groups in total. The normalized spacial score (nSPS) is 18.5. The first-order valence-electron chi connectivity index (χ1n) is 7.36. The average molecular weight is 287 g/mol. The maximum absolute atomic E-state index is 12.9. The van der Waals surface area contributed by atoms with Crippen LogP contribution in [0.4, 0.5) is 0 Å². The topological polar surface area (TPSA) is 51.3 Å². The lowest BCUT2D eigenvalue weighted by molar-refractivity contribution is 0.0734. The molecule has 0 spiro atoms. The molecule has 0 bridgehead atoms. The number of carbonyl (C=O) groups excluding carboxylic acids is 1. The van der Waals surface area contributed by atoms with Crippen LogP contribution >= 0.6 is 0 Å². The lowest BCUT2D eigenvalue weighted by atomic mass is 10.0. The molecule has 1 fully saturated rings. The second-order valence-corrected chi connectivity index (χ2v) is 5.82. The fourth-order valence-corrected chi connectivity index (χ4v) is 3.27. The van der Waals surface area contributed by atoms with E-state index in [9.17, 15) is 4.79 Å². The third-order valence-corrected chi connectivity index (χ3v) is 4.55. The maximum atomic E-state index is 12.9. The number of likely N-dealkylation sites (tertiary alicyclic amines) is 1. The summed E-state index contributed by atoms with van der Waals surface area (Å²) in [5, 5.41) is 4.03. The minimum Gasteiger partial charge on any atom is -0.361 e. The molecule has 1 amide bonds. The molecule has 1 aliphatic rings. The first-order valence-corrected chi connectivity index (χ1v) is 7.36. The van der Waals surface area contributed by atoms with E-state index in [0.29, 0.717) is 0 Å². The number of nitrogens with zero attached hydrogens (tertiary/aromatic N) is 3. The van der Waals surface area contributed by atoms with Crippen LogP contribution in [0.5, 0.6) is 0 Å². The first-order chi connectivity index (χ1) is 10.0. The van der Waals surface area contributed by atoms with Crippen LogP contribution < -0.4 is 0 Å². The Balaban J connectivity index is 1.95. The summed E-state index contributed by atoms with van der Waals surface area (Å²) in [5.74, 6) is 0.928. The van der Waals surface area contributed by atoms with Crippen molar-refractivity contribution in [1.29, 1.82) is 0 Å². The maximum Gasteiger partial charge on any atom is 0.256 e. The molecule has 1 atom stereocenters. The molecule has 112 valence electrons. The minimum atomic E-state index is 0.0864. The van der Waals surface area contributed by atoms with Crippen molar-refractivity contribution in [3.63, 3.8) is 0 Å². The minimum absolute atomic E-state index is 0.0864. The standard InChI is InChI=1S/C16H21N3O2/c1-10-15(12(3)21-17-10)14-6-5-8-19(14)16(20)13-7-9-18(4)11(13)2/h7,9,14H,5-6,8H2,1-4H3/t14-/m0/s1. The Morgan fingerprint density at radius 3 is 2.71 bits per heavy atom. The first kappa shape index (κ1) is 13.9. The van der Waals surface area contributed by atoms with Crippen molar-refractivity contribution >= 4 is 5.91 Å². The Bertz CT molecular complexity index is 664. The highest BCUT2D eigenvalue weighted by atomic mass is 16.5. The van der Waals surface area contributed by atoms with Crippen LogP contribution in [-0.4, -0.2) is 27.1 Å². The molecule has 3 heterocycles. The zero-order chi connectivity index (χ0) is 15.1. The summed E-state index contributed by atoms with van der Waals surface area (Å²) < 4.78 is 7.26. The Kier molecular flexibility index (Phi) is 3.35. The molecule has 2 aromatic heterocycles. The molecule has 1 aliphatic heterocycles. The smallest absolute Gasteiger partial charge is 0.256 e. The fraction of sp³-hybridized carbons (Fsp3) is 0.500. The van der Waals surface area contributed by atoms with E-state index >= 15 is 0 Å². The average Bonchev–Trinajstić information content (AvgIpc) is 3.12. The van der Waals surface area contributed by atoms with Gasteiger partial charge in [-0.3, -0.25) is 4.79 Å². The highest BCUT2D eigenvalue weighted by Crippen LogP contribution is 2.36.